The number of carbonyl (C=O) groups is 2. The van der Waals surface area contributed by atoms with E-state index in [0.717, 1.165) is 23.3 Å². The van der Waals surface area contributed by atoms with E-state index in [1.807, 2.05) is 62.4 Å². The van der Waals surface area contributed by atoms with Crippen molar-refractivity contribution in [1.29, 1.82) is 0 Å². The van der Waals surface area contributed by atoms with Crippen LogP contribution in [0.15, 0.2) is 48.5 Å². The van der Waals surface area contributed by atoms with Crippen LogP contribution in [-0.2, 0) is 16.1 Å². The van der Waals surface area contributed by atoms with Crippen molar-refractivity contribution in [3.8, 4) is 11.5 Å². The van der Waals surface area contributed by atoms with Gasteiger partial charge in [0, 0.05) is 13.1 Å². The summed E-state index contributed by atoms with van der Waals surface area (Å²) in [5.74, 6) is 0.944. The van der Waals surface area contributed by atoms with Gasteiger partial charge in [0.05, 0.1) is 7.11 Å². The Kier molecular flexibility index (Phi) is 8.52. The molecule has 1 N–H and O–H groups in total. The quantitative estimate of drug-likeness (QED) is 0.667. The first-order valence-electron chi connectivity index (χ1n) is 9.84. The fourth-order valence-electron chi connectivity index (χ4n) is 2.84. The molecule has 2 aromatic rings. The first-order chi connectivity index (χ1) is 13.9. The summed E-state index contributed by atoms with van der Waals surface area (Å²) in [7, 11) is 1.60. The molecule has 0 aromatic heterocycles. The molecule has 0 saturated carbocycles. The molecule has 6 heteroatoms. The van der Waals surface area contributed by atoms with E-state index in [4.69, 9.17) is 9.47 Å². The van der Waals surface area contributed by atoms with E-state index in [9.17, 15) is 9.59 Å². The molecule has 2 aromatic carbocycles. The Hall–Kier alpha value is -3.02. The van der Waals surface area contributed by atoms with E-state index < -0.39 is 6.04 Å². The molecular weight excluding hydrogens is 368 g/mol. The van der Waals surface area contributed by atoms with Gasteiger partial charge in [-0.1, -0.05) is 31.2 Å². The summed E-state index contributed by atoms with van der Waals surface area (Å²) in [6.45, 7) is 6.43. The van der Waals surface area contributed by atoms with Crippen molar-refractivity contribution in [3.63, 3.8) is 0 Å². The second kappa shape index (κ2) is 11.1. The average Bonchev–Trinajstić information content (AvgIpc) is 2.74. The van der Waals surface area contributed by atoms with Gasteiger partial charge in [0.25, 0.3) is 5.91 Å². The summed E-state index contributed by atoms with van der Waals surface area (Å²) in [4.78, 5) is 27.0. The molecule has 2 rings (SSSR count). The summed E-state index contributed by atoms with van der Waals surface area (Å²) in [5, 5.41) is 2.86. The second-order valence-corrected chi connectivity index (χ2v) is 6.94. The Labute approximate surface area is 172 Å². The van der Waals surface area contributed by atoms with Gasteiger partial charge in [0.2, 0.25) is 5.91 Å². The summed E-state index contributed by atoms with van der Waals surface area (Å²) in [6.07, 6.45) is 0.835. The Morgan fingerprint density at radius 1 is 1.10 bits per heavy atom. The average molecular weight is 399 g/mol. The van der Waals surface area contributed by atoms with Crippen LogP contribution in [0.1, 0.15) is 31.4 Å². The molecular formula is C23H30N2O4. The highest BCUT2D eigenvalue weighted by Crippen LogP contribution is 2.16. The van der Waals surface area contributed by atoms with Crippen LogP contribution < -0.4 is 14.8 Å². The minimum Gasteiger partial charge on any atom is -0.497 e. The number of methoxy groups -OCH3 is 1. The van der Waals surface area contributed by atoms with Gasteiger partial charge in [-0.25, -0.2) is 0 Å². The number of amides is 2. The van der Waals surface area contributed by atoms with Gasteiger partial charge in [0.1, 0.15) is 17.5 Å². The lowest BCUT2D eigenvalue weighted by atomic mass is 10.1. The first-order valence-corrected chi connectivity index (χ1v) is 9.84. The lowest BCUT2D eigenvalue weighted by molar-refractivity contribution is -0.142. The van der Waals surface area contributed by atoms with Crippen molar-refractivity contribution in [1.82, 2.24) is 10.2 Å². The van der Waals surface area contributed by atoms with Gasteiger partial charge in [-0.2, -0.15) is 0 Å². The SMILES string of the molecule is CCCNC(=O)[C@@H](C)N(Cc1ccc(OC)cc1)C(=O)COc1cccc(C)c1. The fraction of sp³-hybridized carbons (Fsp3) is 0.391. The van der Waals surface area contributed by atoms with Crippen LogP contribution in [0, 0.1) is 6.92 Å². The highest BCUT2D eigenvalue weighted by molar-refractivity contribution is 5.87. The lowest BCUT2D eigenvalue weighted by Crippen LogP contribution is -2.49. The number of ether oxygens (including phenoxy) is 2. The first kappa shape index (κ1) is 22.3. The van der Waals surface area contributed by atoms with Gasteiger partial charge in [-0.05, 0) is 55.7 Å². The predicted octanol–water partition coefficient (Wildman–Crippen LogP) is 3.33. The zero-order valence-electron chi connectivity index (χ0n) is 17.6. The van der Waals surface area contributed by atoms with E-state index >= 15 is 0 Å². The molecule has 0 unspecified atom stereocenters. The van der Waals surface area contributed by atoms with Crippen LogP contribution in [0.5, 0.6) is 11.5 Å². The molecule has 0 aliphatic rings. The Morgan fingerprint density at radius 3 is 2.45 bits per heavy atom. The van der Waals surface area contributed by atoms with Crippen LogP contribution in [0.25, 0.3) is 0 Å². The van der Waals surface area contributed by atoms with Gasteiger partial charge in [-0.15, -0.1) is 0 Å². The van der Waals surface area contributed by atoms with Gasteiger partial charge in [-0.3, -0.25) is 9.59 Å². The van der Waals surface area contributed by atoms with Crippen molar-refractivity contribution < 1.29 is 19.1 Å². The van der Waals surface area contributed by atoms with Crippen molar-refractivity contribution in [3.05, 3.63) is 59.7 Å². The predicted molar refractivity (Wildman–Crippen MR) is 113 cm³/mol. The standard InChI is InChI=1S/C23H30N2O4/c1-5-13-24-23(27)18(3)25(15-19-9-11-20(28-4)12-10-19)22(26)16-29-21-8-6-7-17(2)14-21/h6-12,14,18H,5,13,15-16H2,1-4H3,(H,24,27)/t18-/m1/s1. The minimum atomic E-state index is -0.614. The third kappa shape index (κ3) is 6.82. The van der Waals surface area contributed by atoms with Crippen molar-refractivity contribution in [2.24, 2.45) is 0 Å². The normalized spacial score (nSPS) is 11.4. The third-order valence-electron chi connectivity index (χ3n) is 4.58. The molecule has 0 spiro atoms. The number of carbonyl (C=O) groups excluding carboxylic acids is 2. The fourth-order valence-corrected chi connectivity index (χ4v) is 2.84. The molecule has 156 valence electrons. The highest BCUT2D eigenvalue weighted by Gasteiger charge is 2.26. The molecule has 29 heavy (non-hydrogen) atoms. The smallest absolute Gasteiger partial charge is 0.261 e. The molecule has 2 amide bonds. The van der Waals surface area contributed by atoms with E-state index in [2.05, 4.69) is 5.32 Å². The van der Waals surface area contributed by atoms with Crippen molar-refractivity contribution >= 4 is 11.8 Å². The lowest BCUT2D eigenvalue weighted by Gasteiger charge is -2.28. The van der Waals surface area contributed by atoms with Crippen molar-refractivity contribution in [2.45, 2.75) is 39.8 Å². The number of nitrogens with zero attached hydrogens (tertiary/aromatic N) is 1. The second-order valence-electron chi connectivity index (χ2n) is 6.94. The largest absolute Gasteiger partial charge is 0.497 e. The van der Waals surface area contributed by atoms with Crippen LogP contribution >= 0.6 is 0 Å². The molecule has 0 aliphatic heterocycles. The zero-order valence-corrected chi connectivity index (χ0v) is 17.6. The van der Waals surface area contributed by atoms with E-state index in [-0.39, 0.29) is 18.4 Å². The molecule has 0 bridgehead atoms. The van der Waals surface area contributed by atoms with Gasteiger partial charge < -0.3 is 19.7 Å². The van der Waals surface area contributed by atoms with E-state index in [0.29, 0.717) is 18.8 Å². The summed E-state index contributed by atoms with van der Waals surface area (Å²) < 4.78 is 10.9. The summed E-state index contributed by atoms with van der Waals surface area (Å²) in [6, 6.07) is 14.4. The Balaban J connectivity index is 2.12. The van der Waals surface area contributed by atoms with E-state index in [1.165, 1.54) is 0 Å². The maximum Gasteiger partial charge on any atom is 0.261 e. The summed E-state index contributed by atoms with van der Waals surface area (Å²) in [5.41, 5.74) is 1.96. The van der Waals surface area contributed by atoms with Crippen LogP contribution in [0.4, 0.5) is 0 Å². The van der Waals surface area contributed by atoms with Crippen LogP contribution in [-0.4, -0.2) is 43.0 Å². The number of hydrogen-bond acceptors (Lipinski definition) is 4. The van der Waals surface area contributed by atoms with Gasteiger partial charge >= 0.3 is 0 Å². The zero-order chi connectivity index (χ0) is 21.2. The molecule has 1 atom stereocenters. The molecule has 0 radical (unpaired) electrons. The topological polar surface area (TPSA) is 67.9 Å². The number of aryl methyl sites for hydroxylation is 1. The van der Waals surface area contributed by atoms with Crippen LogP contribution in [0.2, 0.25) is 0 Å². The van der Waals surface area contributed by atoms with Gasteiger partial charge in [0.15, 0.2) is 6.61 Å². The Bertz CT molecular complexity index is 805. The number of rotatable bonds is 10. The molecule has 0 heterocycles. The number of nitrogens with one attached hydrogen (secondary N) is 1. The maximum absolute atomic E-state index is 12.9. The monoisotopic (exact) mass is 398 g/mol. The Morgan fingerprint density at radius 2 is 1.83 bits per heavy atom. The molecule has 0 aliphatic carbocycles. The van der Waals surface area contributed by atoms with Crippen molar-refractivity contribution in [2.75, 3.05) is 20.3 Å². The van der Waals surface area contributed by atoms with Crippen LogP contribution in [0.3, 0.4) is 0 Å². The molecule has 0 fully saturated rings. The van der Waals surface area contributed by atoms with E-state index in [1.54, 1.807) is 18.9 Å². The number of hydrogen-bond donors (Lipinski definition) is 1. The third-order valence-corrected chi connectivity index (χ3v) is 4.58. The highest BCUT2D eigenvalue weighted by atomic mass is 16.5. The number of benzene rings is 2. The maximum atomic E-state index is 12.9. The molecule has 0 saturated heterocycles. The summed E-state index contributed by atoms with van der Waals surface area (Å²) >= 11 is 0. The molecule has 6 nitrogen and oxygen atoms in total. The minimum absolute atomic E-state index is 0.134.